The normalized spacial score (nSPS) is 13.2. The molecule has 0 radical (unpaired) electrons. The number of benzene rings is 1. The third-order valence-corrected chi connectivity index (χ3v) is 3.22. The molecular weight excluding hydrogens is 286 g/mol. The molecule has 0 aliphatic heterocycles. The van der Waals surface area contributed by atoms with E-state index in [1.54, 1.807) is 32.0 Å². The van der Waals surface area contributed by atoms with Crippen molar-refractivity contribution in [3.8, 4) is 6.07 Å². The first-order chi connectivity index (χ1) is 10.3. The zero-order valence-corrected chi connectivity index (χ0v) is 12.2. The van der Waals surface area contributed by atoms with Crippen molar-refractivity contribution in [2.45, 2.75) is 19.4 Å². The Labute approximate surface area is 126 Å². The highest BCUT2D eigenvalue weighted by Gasteiger charge is 2.26. The topological polar surface area (TPSA) is 112 Å². The molecule has 2 N–H and O–H groups in total. The van der Waals surface area contributed by atoms with Crippen LogP contribution in [-0.2, 0) is 5.60 Å². The molecule has 22 heavy (non-hydrogen) atoms. The molecule has 2 rings (SSSR count). The van der Waals surface area contributed by atoms with E-state index in [0.29, 0.717) is 17.2 Å². The van der Waals surface area contributed by atoms with Crippen LogP contribution in [0.1, 0.15) is 24.0 Å². The van der Waals surface area contributed by atoms with Crippen LogP contribution >= 0.6 is 0 Å². The summed E-state index contributed by atoms with van der Waals surface area (Å²) < 4.78 is 5.40. The Morgan fingerprint density at radius 3 is 2.73 bits per heavy atom. The Balaban J connectivity index is 2.15. The van der Waals surface area contributed by atoms with Gasteiger partial charge < -0.3 is 14.8 Å². The number of furan rings is 1. The third-order valence-electron chi connectivity index (χ3n) is 3.22. The van der Waals surface area contributed by atoms with Gasteiger partial charge in [0.2, 0.25) is 0 Å². The number of nitrogens with zero attached hydrogens (tertiary/aromatic N) is 2. The Morgan fingerprint density at radius 2 is 2.18 bits per heavy atom. The summed E-state index contributed by atoms with van der Waals surface area (Å²) in [7, 11) is 0. The van der Waals surface area contributed by atoms with Crippen LogP contribution in [0.25, 0.3) is 0 Å². The van der Waals surface area contributed by atoms with E-state index in [0.717, 1.165) is 0 Å². The largest absolute Gasteiger partial charge is 0.463 e. The number of aliphatic hydroxyl groups is 1. The molecule has 0 spiro atoms. The molecule has 1 heterocycles. The molecule has 0 aliphatic rings. The van der Waals surface area contributed by atoms with Crippen LogP contribution in [0, 0.1) is 28.4 Å². The lowest BCUT2D eigenvalue weighted by Gasteiger charge is -2.22. The van der Waals surface area contributed by atoms with Gasteiger partial charge in [-0.25, -0.2) is 0 Å². The number of rotatable bonds is 5. The van der Waals surface area contributed by atoms with Crippen molar-refractivity contribution in [1.29, 1.82) is 5.26 Å². The van der Waals surface area contributed by atoms with Crippen LogP contribution in [0.2, 0.25) is 0 Å². The molecule has 0 saturated heterocycles. The number of nitro benzene ring substituents is 1. The first-order valence-corrected chi connectivity index (χ1v) is 6.55. The zero-order valence-electron chi connectivity index (χ0n) is 12.2. The average Bonchev–Trinajstić information content (AvgIpc) is 2.92. The van der Waals surface area contributed by atoms with Crippen molar-refractivity contribution in [3.63, 3.8) is 0 Å². The molecule has 7 heteroatoms. The Bertz CT molecular complexity index is 743. The fourth-order valence-electron chi connectivity index (χ4n) is 1.98. The SMILES string of the molecule is Cc1ccc([C@](C)(O)CNc2ccc([N+](=O)[O-])c(C#N)c2)o1. The van der Waals surface area contributed by atoms with E-state index >= 15 is 0 Å². The molecule has 2 aromatic rings. The van der Waals surface area contributed by atoms with E-state index < -0.39 is 10.5 Å². The van der Waals surface area contributed by atoms with Gasteiger partial charge in [0.05, 0.1) is 11.5 Å². The molecule has 0 saturated carbocycles. The molecule has 0 fully saturated rings. The van der Waals surface area contributed by atoms with E-state index in [4.69, 9.17) is 9.68 Å². The van der Waals surface area contributed by atoms with Crippen molar-refractivity contribution >= 4 is 11.4 Å². The zero-order chi connectivity index (χ0) is 16.3. The van der Waals surface area contributed by atoms with Gasteiger partial charge in [-0.05, 0) is 38.1 Å². The molecule has 114 valence electrons. The molecule has 0 unspecified atom stereocenters. The number of nitrogens with one attached hydrogen (secondary N) is 1. The quantitative estimate of drug-likeness (QED) is 0.648. The molecule has 0 bridgehead atoms. The van der Waals surface area contributed by atoms with E-state index in [1.165, 1.54) is 18.2 Å². The summed E-state index contributed by atoms with van der Waals surface area (Å²) in [6.07, 6.45) is 0. The lowest BCUT2D eigenvalue weighted by Crippen LogP contribution is -2.30. The van der Waals surface area contributed by atoms with Gasteiger partial charge in [-0.3, -0.25) is 10.1 Å². The lowest BCUT2D eigenvalue weighted by molar-refractivity contribution is -0.385. The summed E-state index contributed by atoms with van der Waals surface area (Å²) in [4.78, 5) is 10.2. The fraction of sp³-hybridized carbons (Fsp3) is 0.267. The Hall–Kier alpha value is -2.85. The second kappa shape index (κ2) is 5.87. The second-order valence-corrected chi connectivity index (χ2v) is 5.14. The van der Waals surface area contributed by atoms with Crippen LogP contribution in [0.15, 0.2) is 34.7 Å². The second-order valence-electron chi connectivity index (χ2n) is 5.14. The van der Waals surface area contributed by atoms with Gasteiger partial charge in [-0.1, -0.05) is 0 Å². The Kier molecular flexibility index (Phi) is 4.15. The van der Waals surface area contributed by atoms with Gasteiger partial charge in [-0.15, -0.1) is 0 Å². The average molecular weight is 301 g/mol. The highest BCUT2D eigenvalue weighted by Crippen LogP contribution is 2.25. The number of hydrogen-bond acceptors (Lipinski definition) is 6. The van der Waals surface area contributed by atoms with Gasteiger partial charge in [0.1, 0.15) is 28.8 Å². The van der Waals surface area contributed by atoms with E-state index in [-0.39, 0.29) is 17.8 Å². The fourth-order valence-corrected chi connectivity index (χ4v) is 1.98. The van der Waals surface area contributed by atoms with E-state index in [9.17, 15) is 15.2 Å². The molecule has 0 aliphatic carbocycles. The minimum absolute atomic E-state index is 0.0384. The number of nitro groups is 1. The summed E-state index contributed by atoms with van der Waals surface area (Å²) in [6, 6.07) is 9.35. The van der Waals surface area contributed by atoms with Crippen molar-refractivity contribution in [2.75, 3.05) is 11.9 Å². The summed E-state index contributed by atoms with van der Waals surface area (Å²) in [5.74, 6) is 1.11. The minimum Gasteiger partial charge on any atom is -0.463 e. The standard InChI is InChI=1S/C15H15N3O4/c1-10-3-6-14(22-10)15(2,19)9-17-12-4-5-13(18(20)21)11(7-12)8-16/h3-7,17,19H,9H2,1-2H3/t15-/m1/s1. The molecule has 1 atom stereocenters. The van der Waals surface area contributed by atoms with Crippen molar-refractivity contribution < 1.29 is 14.4 Å². The molecule has 0 amide bonds. The van der Waals surface area contributed by atoms with Crippen LogP contribution in [0.3, 0.4) is 0 Å². The minimum atomic E-state index is -1.25. The highest BCUT2D eigenvalue weighted by atomic mass is 16.6. The number of hydrogen-bond donors (Lipinski definition) is 2. The first-order valence-electron chi connectivity index (χ1n) is 6.55. The molecule has 1 aromatic heterocycles. The van der Waals surface area contributed by atoms with Crippen molar-refractivity contribution in [2.24, 2.45) is 0 Å². The summed E-state index contributed by atoms with van der Waals surface area (Å²) in [6.45, 7) is 3.50. The predicted molar refractivity (Wildman–Crippen MR) is 79.3 cm³/mol. The van der Waals surface area contributed by atoms with E-state index in [2.05, 4.69) is 5.32 Å². The number of aryl methyl sites for hydroxylation is 1. The molecular formula is C15H15N3O4. The van der Waals surface area contributed by atoms with Crippen LogP contribution in [0.5, 0.6) is 0 Å². The van der Waals surface area contributed by atoms with Crippen molar-refractivity contribution in [1.82, 2.24) is 0 Å². The Morgan fingerprint density at radius 1 is 1.45 bits per heavy atom. The van der Waals surface area contributed by atoms with Crippen molar-refractivity contribution in [3.05, 3.63) is 57.5 Å². The van der Waals surface area contributed by atoms with Crippen LogP contribution in [0.4, 0.5) is 11.4 Å². The lowest BCUT2D eigenvalue weighted by atomic mass is 10.0. The monoisotopic (exact) mass is 301 g/mol. The maximum Gasteiger partial charge on any atom is 0.287 e. The molecule has 7 nitrogen and oxygen atoms in total. The highest BCUT2D eigenvalue weighted by molar-refractivity contribution is 5.58. The third kappa shape index (κ3) is 3.24. The number of anilines is 1. The maximum atomic E-state index is 10.8. The predicted octanol–water partition coefficient (Wildman–Crippen LogP) is 2.69. The molecule has 1 aromatic carbocycles. The summed E-state index contributed by atoms with van der Waals surface area (Å²) in [5.41, 5.74) is -1.03. The van der Waals surface area contributed by atoms with E-state index in [1.807, 2.05) is 0 Å². The van der Waals surface area contributed by atoms with Gasteiger partial charge in [0, 0.05) is 11.8 Å². The van der Waals surface area contributed by atoms with Gasteiger partial charge >= 0.3 is 0 Å². The van der Waals surface area contributed by atoms with Gasteiger partial charge in [0.25, 0.3) is 5.69 Å². The van der Waals surface area contributed by atoms with Gasteiger partial charge in [-0.2, -0.15) is 5.26 Å². The number of nitriles is 1. The summed E-state index contributed by atoms with van der Waals surface area (Å²) in [5, 5.41) is 33.1. The summed E-state index contributed by atoms with van der Waals surface area (Å²) >= 11 is 0. The van der Waals surface area contributed by atoms with Gasteiger partial charge in [0.15, 0.2) is 0 Å². The van der Waals surface area contributed by atoms with Crippen LogP contribution < -0.4 is 5.32 Å². The van der Waals surface area contributed by atoms with Crippen LogP contribution in [-0.4, -0.2) is 16.6 Å². The maximum absolute atomic E-state index is 10.8. The smallest absolute Gasteiger partial charge is 0.287 e. The first kappa shape index (κ1) is 15.5.